The summed E-state index contributed by atoms with van der Waals surface area (Å²) >= 11 is 5.64. The van der Waals surface area contributed by atoms with Crippen molar-refractivity contribution in [1.82, 2.24) is 0 Å². The monoisotopic (exact) mass is 385 g/mol. The normalized spacial score (nSPS) is 11.8. The summed E-state index contributed by atoms with van der Waals surface area (Å²) in [5.41, 5.74) is -0.213. The minimum absolute atomic E-state index is 0.134. The lowest BCUT2D eigenvalue weighted by atomic mass is 10.1. The number of hydrogen-bond donors (Lipinski definition) is 0. The van der Waals surface area contributed by atoms with Crippen molar-refractivity contribution >= 4 is 23.5 Å². The highest BCUT2D eigenvalue weighted by atomic mass is 35.5. The number of aliphatic imine (C=N–C) groups is 1. The van der Waals surface area contributed by atoms with E-state index in [0.717, 1.165) is 12.5 Å². The molecule has 0 radical (unpaired) electrons. The van der Waals surface area contributed by atoms with Gasteiger partial charge in [0.25, 0.3) is 0 Å². The van der Waals surface area contributed by atoms with E-state index in [2.05, 4.69) is 4.99 Å². The van der Waals surface area contributed by atoms with Crippen LogP contribution in [0.25, 0.3) is 0 Å². The maximum absolute atomic E-state index is 13.0. The predicted molar refractivity (Wildman–Crippen MR) is 97.1 cm³/mol. The summed E-state index contributed by atoms with van der Waals surface area (Å²) in [5.74, 6) is 1.11. The summed E-state index contributed by atoms with van der Waals surface area (Å²) in [4.78, 5) is 4.16. The number of nitrogens with zero attached hydrogens (tertiary/aromatic N) is 1. The van der Waals surface area contributed by atoms with Crippen LogP contribution in [0.4, 0.5) is 18.9 Å². The Hall–Kier alpha value is -2.21. The van der Waals surface area contributed by atoms with Gasteiger partial charge in [-0.3, -0.25) is 4.99 Å². The summed E-state index contributed by atoms with van der Waals surface area (Å²) in [6.07, 6.45) is -2.28. The lowest BCUT2D eigenvalue weighted by Gasteiger charge is -2.13. The summed E-state index contributed by atoms with van der Waals surface area (Å²) in [6, 6.07) is 8.82. The first-order chi connectivity index (χ1) is 12.4. The van der Waals surface area contributed by atoms with Gasteiger partial charge in [-0.05, 0) is 43.7 Å². The molecule has 0 aliphatic carbocycles. The molecule has 0 aliphatic rings. The largest absolute Gasteiger partial charge is 0.493 e. The van der Waals surface area contributed by atoms with E-state index in [-0.39, 0.29) is 10.7 Å². The molecule has 2 aromatic carbocycles. The minimum Gasteiger partial charge on any atom is -0.493 e. The van der Waals surface area contributed by atoms with Gasteiger partial charge in [0.1, 0.15) is 11.5 Å². The fraction of sp³-hybridized carbons (Fsp3) is 0.316. The molecule has 2 rings (SSSR count). The van der Waals surface area contributed by atoms with Crippen molar-refractivity contribution in [2.24, 2.45) is 4.99 Å². The SMILES string of the molecule is CCCOc1cccc(OCC)c1C=Nc1ccc(Cl)c(C(F)(F)F)c1. The van der Waals surface area contributed by atoms with Gasteiger partial charge in [-0.25, -0.2) is 0 Å². The van der Waals surface area contributed by atoms with Crippen molar-refractivity contribution in [3.8, 4) is 11.5 Å². The third kappa shape index (κ3) is 5.14. The van der Waals surface area contributed by atoms with Gasteiger partial charge in [0.2, 0.25) is 0 Å². The molecule has 0 N–H and O–H groups in total. The molecule has 0 saturated carbocycles. The number of hydrogen-bond acceptors (Lipinski definition) is 3. The van der Waals surface area contributed by atoms with Gasteiger partial charge in [-0.1, -0.05) is 24.6 Å². The van der Waals surface area contributed by atoms with Crippen LogP contribution in [-0.4, -0.2) is 19.4 Å². The van der Waals surface area contributed by atoms with E-state index in [1.807, 2.05) is 13.8 Å². The Morgan fingerprint density at radius 3 is 2.38 bits per heavy atom. The Labute approximate surface area is 155 Å². The second kappa shape index (κ2) is 8.94. The van der Waals surface area contributed by atoms with Crippen molar-refractivity contribution in [1.29, 1.82) is 0 Å². The van der Waals surface area contributed by atoms with Crippen molar-refractivity contribution in [3.05, 3.63) is 52.5 Å². The van der Waals surface area contributed by atoms with Crippen LogP contribution in [0.1, 0.15) is 31.4 Å². The summed E-state index contributed by atoms with van der Waals surface area (Å²) in [6.45, 7) is 4.77. The molecule has 0 fully saturated rings. The van der Waals surface area contributed by atoms with Crippen LogP contribution in [-0.2, 0) is 6.18 Å². The molecular formula is C19H19ClF3NO2. The number of rotatable bonds is 7. The first-order valence-corrected chi connectivity index (χ1v) is 8.54. The standard InChI is InChI=1S/C19H19ClF3NO2/c1-3-10-26-18-7-5-6-17(25-4-2)14(18)12-24-13-8-9-16(20)15(11-13)19(21,22)23/h5-9,11-12H,3-4,10H2,1-2H3. The van der Waals surface area contributed by atoms with Crippen LogP contribution in [0.15, 0.2) is 41.4 Å². The number of benzene rings is 2. The van der Waals surface area contributed by atoms with E-state index >= 15 is 0 Å². The second-order valence-electron chi connectivity index (χ2n) is 5.37. The Kier molecular flexibility index (Phi) is 6.91. The predicted octanol–water partition coefficient (Wildman–Crippen LogP) is 6.30. The van der Waals surface area contributed by atoms with Gasteiger partial charge in [0.15, 0.2) is 0 Å². The number of ether oxygens (including phenoxy) is 2. The molecule has 0 spiro atoms. The van der Waals surface area contributed by atoms with Crippen LogP contribution >= 0.6 is 11.6 Å². The molecule has 0 amide bonds. The molecule has 0 saturated heterocycles. The van der Waals surface area contributed by atoms with E-state index < -0.39 is 11.7 Å². The quantitative estimate of drug-likeness (QED) is 0.524. The van der Waals surface area contributed by atoms with Gasteiger partial charge in [-0.15, -0.1) is 0 Å². The van der Waals surface area contributed by atoms with E-state index in [1.165, 1.54) is 18.3 Å². The highest BCUT2D eigenvalue weighted by Gasteiger charge is 2.33. The third-order valence-corrected chi connectivity index (χ3v) is 3.72. The fourth-order valence-electron chi connectivity index (χ4n) is 2.22. The first kappa shape index (κ1) is 20.1. The Morgan fingerprint density at radius 1 is 1.08 bits per heavy atom. The van der Waals surface area contributed by atoms with Crippen LogP contribution in [0, 0.1) is 0 Å². The molecule has 2 aromatic rings. The van der Waals surface area contributed by atoms with Crippen LogP contribution in [0.5, 0.6) is 11.5 Å². The topological polar surface area (TPSA) is 30.8 Å². The maximum Gasteiger partial charge on any atom is 0.417 e. The number of halogens is 4. The van der Waals surface area contributed by atoms with Gasteiger partial charge in [-0.2, -0.15) is 13.2 Å². The van der Waals surface area contributed by atoms with Crippen molar-refractivity contribution in [2.75, 3.05) is 13.2 Å². The van der Waals surface area contributed by atoms with Gasteiger partial charge >= 0.3 is 6.18 Å². The van der Waals surface area contributed by atoms with E-state index in [9.17, 15) is 13.2 Å². The summed E-state index contributed by atoms with van der Waals surface area (Å²) < 4.78 is 50.2. The molecule has 0 unspecified atom stereocenters. The Balaban J connectivity index is 2.40. The van der Waals surface area contributed by atoms with Crippen molar-refractivity contribution in [3.63, 3.8) is 0 Å². The average molecular weight is 386 g/mol. The number of alkyl halides is 3. The van der Waals surface area contributed by atoms with Gasteiger partial charge in [0.05, 0.1) is 35.1 Å². The van der Waals surface area contributed by atoms with Crippen molar-refractivity contribution < 1.29 is 22.6 Å². The summed E-state index contributed by atoms with van der Waals surface area (Å²) in [7, 11) is 0. The van der Waals surface area contributed by atoms with E-state index in [1.54, 1.807) is 18.2 Å². The molecular weight excluding hydrogens is 367 g/mol. The molecule has 7 heteroatoms. The molecule has 0 aromatic heterocycles. The highest BCUT2D eigenvalue weighted by molar-refractivity contribution is 6.31. The molecule has 140 valence electrons. The smallest absolute Gasteiger partial charge is 0.417 e. The highest BCUT2D eigenvalue weighted by Crippen LogP contribution is 2.37. The maximum atomic E-state index is 13.0. The molecule has 0 aliphatic heterocycles. The average Bonchev–Trinajstić information content (AvgIpc) is 2.59. The Bertz CT molecular complexity index is 776. The minimum atomic E-state index is -4.54. The van der Waals surface area contributed by atoms with Crippen LogP contribution < -0.4 is 9.47 Å². The third-order valence-electron chi connectivity index (χ3n) is 3.39. The zero-order valence-corrected chi connectivity index (χ0v) is 15.2. The lowest BCUT2D eigenvalue weighted by molar-refractivity contribution is -0.137. The molecule has 26 heavy (non-hydrogen) atoms. The van der Waals surface area contributed by atoms with E-state index in [4.69, 9.17) is 21.1 Å². The van der Waals surface area contributed by atoms with Gasteiger partial charge < -0.3 is 9.47 Å². The Morgan fingerprint density at radius 2 is 1.77 bits per heavy atom. The first-order valence-electron chi connectivity index (χ1n) is 8.16. The van der Waals surface area contributed by atoms with E-state index in [0.29, 0.717) is 30.3 Å². The van der Waals surface area contributed by atoms with Gasteiger partial charge in [0, 0.05) is 6.21 Å². The zero-order chi connectivity index (χ0) is 19.2. The molecule has 0 heterocycles. The zero-order valence-electron chi connectivity index (χ0n) is 14.4. The van der Waals surface area contributed by atoms with Crippen molar-refractivity contribution in [2.45, 2.75) is 26.4 Å². The summed E-state index contributed by atoms with van der Waals surface area (Å²) in [5, 5.41) is -0.363. The molecule has 0 atom stereocenters. The molecule has 0 bridgehead atoms. The van der Waals surface area contributed by atoms with Crippen LogP contribution in [0.2, 0.25) is 5.02 Å². The second-order valence-corrected chi connectivity index (χ2v) is 5.78. The molecule has 3 nitrogen and oxygen atoms in total. The lowest BCUT2D eigenvalue weighted by Crippen LogP contribution is -2.05. The fourth-order valence-corrected chi connectivity index (χ4v) is 2.44. The van der Waals surface area contributed by atoms with Crippen LogP contribution in [0.3, 0.4) is 0 Å².